The molecule has 0 radical (unpaired) electrons. The molecule has 0 aromatic heterocycles. The Hall–Kier alpha value is -1.54. The summed E-state index contributed by atoms with van der Waals surface area (Å²) in [4.78, 5) is 25.7. The lowest BCUT2D eigenvalue weighted by Crippen LogP contribution is -2.34. The number of amides is 2. The fourth-order valence-electron chi connectivity index (χ4n) is 2.01. The lowest BCUT2D eigenvalue weighted by Gasteiger charge is -2.14. The number of imide groups is 1. The zero-order chi connectivity index (χ0) is 14.8. The fourth-order valence-corrected chi connectivity index (χ4v) is 3.27. The monoisotopic (exact) mass is 410 g/mol. The Morgan fingerprint density at radius 3 is 2.33 bits per heavy atom. The summed E-state index contributed by atoms with van der Waals surface area (Å²) >= 11 is 3.22. The minimum atomic E-state index is -0.585. The second-order valence-corrected chi connectivity index (χ2v) is 6.73. The van der Waals surface area contributed by atoms with Gasteiger partial charge >= 0.3 is 0 Å². The van der Waals surface area contributed by atoms with Gasteiger partial charge in [-0.25, -0.2) is 4.90 Å². The Labute approximate surface area is 140 Å². The van der Waals surface area contributed by atoms with Crippen LogP contribution in [0, 0.1) is 3.57 Å². The quantitative estimate of drug-likeness (QED) is 0.780. The van der Waals surface area contributed by atoms with E-state index < -0.39 is 5.37 Å². The molecular formula is C15H11IN2O2S. The molecule has 0 aliphatic carbocycles. The minimum Gasteiger partial charge on any atom is -0.365 e. The van der Waals surface area contributed by atoms with Crippen molar-refractivity contribution in [2.45, 2.75) is 5.37 Å². The predicted octanol–water partition coefficient (Wildman–Crippen LogP) is 3.93. The first-order valence-corrected chi connectivity index (χ1v) is 8.23. The molecule has 106 valence electrons. The first kappa shape index (κ1) is 14.4. The van der Waals surface area contributed by atoms with Crippen molar-refractivity contribution in [3.8, 4) is 0 Å². The highest BCUT2D eigenvalue weighted by atomic mass is 127. The molecule has 1 heterocycles. The number of nitrogens with zero attached hydrogens (tertiary/aromatic N) is 1. The smallest absolute Gasteiger partial charge is 0.295 e. The lowest BCUT2D eigenvalue weighted by atomic mass is 10.3. The highest BCUT2D eigenvalue weighted by Crippen LogP contribution is 2.32. The van der Waals surface area contributed by atoms with Crippen LogP contribution in [0.1, 0.15) is 0 Å². The van der Waals surface area contributed by atoms with Crippen LogP contribution in [0.15, 0.2) is 54.6 Å². The van der Waals surface area contributed by atoms with E-state index in [1.54, 1.807) is 24.3 Å². The van der Waals surface area contributed by atoms with E-state index in [-0.39, 0.29) is 11.1 Å². The van der Waals surface area contributed by atoms with Gasteiger partial charge in [-0.1, -0.05) is 18.2 Å². The zero-order valence-electron chi connectivity index (χ0n) is 10.8. The van der Waals surface area contributed by atoms with Gasteiger partial charge in [0.15, 0.2) is 5.37 Å². The Bertz CT molecular complexity index is 676. The van der Waals surface area contributed by atoms with Crippen LogP contribution in [-0.2, 0) is 4.79 Å². The normalized spacial score (nSPS) is 18.1. The number of anilines is 2. The Kier molecular flexibility index (Phi) is 4.16. The standard InChI is InChI=1S/C15H11IN2O2S/c16-10-6-8-11(9-7-10)17-13-14(19)18(15(20)21-13)12-4-2-1-3-5-12/h1-9,13,17H. The van der Waals surface area contributed by atoms with Gasteiger partial charge in [-0.05, 0) is 70.8 Å². The van der Waals surface area contributed by atoms with E-state index in [2.05, 4.69) is 27.9 Å². The number of halogens is 1. The van der Waals surface area contributed by atoms with Crippen LogP contribution in [0.5, 0.6) is 0 Å². The molecule has 21 heavy (non-hydrogen) atoms. The molecule has 0 bridgehead atoms. The fraction of sp³-hybridized carbons (Fsp3) is 0.0667. The third-order valence-corrected chi connectivity index (χ3v) is 4.66. The summed E-state index contributed by atoms with van der Waals surface area (Å²) in [6.07, 6.45) is 0. The van der Waals surface area contributed by atoms with Crippen molar-refractivity contribution >= 4 is 56.9 Å². The number of para-hydroxylation sites is 1. The average Bonchev–Trinajstić information content (AvgIpc) is 2.77. The Morgan fingerprint density at radius 2 is 1.67 bits per heavy atom. The summed E-state index contributed by atoms with van der Waals surface area (Å²) in [5, 5.41) is 2.25. The van der Waals surface area contributed by atoms with E-state index in [0.717, 1.165) is 21.0 Å². The summed E-state index contributed by atoms with van der Waals surface area (Å²) in [7, 11) is 0. The predicted molar refractivity (Wildman–Crippen MR) is 93.5 cm³/mol. The maximum atomic E-state index is 12.4. The van der Waals surface area contributed by atoms with E-state index >= 15 is 0 Å². The van der Waals surface area contributed by atoms with Crippen molar-refractivity contribution < 1.29 is 9.59 Å². The molecule has 1 saturated heterocycles. The summed E-state index contributed by atoms with van der Waals surface area (Å²) in [6, 6.07) is 16.7. The number of rotatable bonds is 3. The molecule has 2 aromatic carbocycles. The highest BCUT2D eigenvalue weighted by molar-refractivity contribution is 14.1. The van der Waals surface area contributed by atoms with E-state index in [1.807, 2.05) is 30.3 Å². The van der Waals surface area contributed by atoms with Gasteiger partial charge in [0, 0.05) is 9.26 Å². The molecule has 1 aliphatic rings. The Balaban J connectivity index is 1.79. The van der Waals surface area contributed by atoms with Gasteiger partial charge in [0.25, 0.3) is 11.1 Å². The number of hydrogen-bond donors (Lipinski definition) is 1. The lowest BCUT2D eigenvalue weighted by molar-refractivity contribution is -0.116. The summed E-state index contributed by atoms with van der Waals surface area (Å²) in [6.45, 7) is 0. The molecule has 1 unspecified atom stereocenters. The van der Waals surface area contributed by atoms with Crippen LogP contribution in [0.25, 0.3) is 0 Å². The molecule has 1 atom stereocenters. The average molecular weight is 410 g/mol. The van der Waals surface area contributed by atoms with Crippen molar-refractivity contribution in [2.75, 3.05) is 10.2 Å². The van der Waals surface area contributed by atoms with E-state index in [4.69, 9.17) is 0 Å². The number of hydrogen-bond acceptors (Lipinski definition) is 4. The van der Waals surface area contributed by atoms with Crippen molar-refractivity contribution in [3.05, 3.63) is 58.2 Å². The van der Waals surface area contributed by atoms with Crippen molar-refractivity contribution in [3.63, 3.8) is 0 Å². The molecule has 0 saturated carbocycles. The summed E-state index contributed by atoms with van der Waals surface area (Å²) < 4.78 is 1.12. The minimum absolute atomic E-state index is 0.241. The van der Waals surface area contributed by atoms with Crippen LogP contribution in [0.2, 0.25) is 0 Å². The summed E-state index contributed by atoms with van der Waals surface area (Å²) in [5.41, 5.74) is 1.43. The van der Waals surface area contributed by atoms with Crippen LogP contribution >= 0.6 is 34.4 Å². The zero-order valence-corrected chi connectivity index (χ0v) is 13.8. The maximum Gasteiger partial charge on any atom is 0.295 e. The number of carbonyl (C=O) groups excluding carboxylic acids is 2. The second-order valence-electron chi connectivity index (χ2n) is 4.42. The Morgan fingerprint density at radius 1 is 1.00 bits per heavy atom. The van der Waals surface area contributed by atoms with Crippen LogP contribution in [0.4, 0.5) is 16.2 Å². The van der Waals surface area contributed by atoms with Gasteiger partial charge in [0.2, 0.25) is 0 Å². The number of nitrogens with one attached hydrogen (secondary N) is 1. The highest BCUT2D eigenvalue weighted by Gasteiger charge is 2.40. The third kappa shape index (κ3) is 3.06. The van der Waals surface area contributed by atoms with Gasteiger partial charge in [0.1, 0.15) is 0 Å². The molecule has 1 aliphatic heterocycles. The van der Waals surface area contributed by atoms with Crippen LogP contribution < -0.4 is 10.2 Å². The van der Waals surface area contributed by atoms with Crippen molar-refractivity contribution in [2.24, 2.45) is 0 Å². The number of benzene rings is 2. The van der Waals surface area contributed by atoms with E-state index in [0.29, 0.717) is 5.69 Å². The van der Waals surface area contributed by atoms with Gasteiger partial charge in [-0.3, -0.25) is 9.59 Å². The largest absolute Gasteiger partial charge is 0.365 e. The molecule has 3 rings (SSSR count). The van der Waals surface area contributed by atoms with Gasteiger partial charge < -0.3 is 5.32 Å². The van der Waals surface area contributed by atoms with Gasteiger partial charge in [0.05, 0.1) is 5.69 Å². The molecule has 0 spiro atoms. The number of thioether (sulfide) groups is 1. The molecule has 2 amide bonds. The van der Waals surface area contributed by atoms with E-state index in [1.165, 1.54) is 4.90 Å². The SMILES string of the molecule is O=C1SC(Nc2ccc(I)cc2)C(=O)N1c1ccccc1. The van der Waals surface area contributed by atoms with Crippen LogP contribution in [0.3, 0.4) is 0 Å². The molecule has 4 nitrogen and oxygen atoms in total. The first-order chi connectivity index (χ1) is 10.1. The second kappa shape index (κ2) is 6.07. The number of carbonyl (C=O) groups is 2. The molecule has 2 aromatic rings. The van der Waals surface area contributed by atoms with Crippen LogP contribution in [-0.4, -0.2) is 16.5 Å². The summed E-state index contributed by atoms with van der Waals surface area (Å²) in [5.74, 6) is -0.241. The molecule has 1 N–H and O–H groups in total. The third-order valence-electron chi connectivity index (χ3n) is 3.00. The van der Waals surface area contributed by atoms with Crippen molar-refractivity contribution in [1.82, 2.24) is 0 Å². The molecular weight excluding hydrogens is 399 g/mol. The maximum absolute atomic E-state index is 12.4. The van der Waals surface area contributed by atoms with E-state index in [9.17, 15) is 9.59 Å². The van der Waals surface area contributed by atoms with Crippen molar-refractivity contribution in [1.29, 1.82) is 0 Å². The first-order valence-electron chi connectivity index (χ1n) is 6.27. The molecule has 6 heteroatoms. The topological polar surface area (TPSA) is 49.4 Å². The molecule has 1 fully saturated rings. The van der Waals surface area contributed by atoms with Gasteiger partial charge in [-0.2, -0.15) is 0 Å². The van der Waals surface area contributed by atoms with Gasteiger partial charge in [-0.15, -0.1) is 0 Å².